The van der Waals surface area contributed by atoms with E-state index in [4.69, 9.17) is 0 Å². The fourth-order valence-corrected chi connectivity index (χ4v) is 2.21. The van der Waals surface area contributed by atoms with Gasteiger partial charge in [-0.1, -0.05) is 35.0 Å². The van der Waals surface area contributed by atoms with E-state index >= 15 is 0 Å². The number of hydrogen-bond acceptors (Lipinski definition) is 3. The van der Waals surface area contributed by atoms with Gasteiger partial charge >= 0.3 is 0 Å². The molecule has 0 saturated heterocycles. The first-order valence-corrected chi connectivity index (χ1v) is 7.31. The Morgan fingerprint density at radius 3 is 2.52 bits per heavy atom. The van der Waals surface area contributed by atoms with Crippen molar-refractivity contribution in [3.8, 4) is 5.75 Å². The minimum Gasteiger partial charge on any atom is -0.508 e. The van der Waals surface area contributed by atoms with E-state index in [2.05, 4.69) is 26.5 Å². The van der Waals surface area contributed by atoms with Gasteiger partial charge in [-0.25, -0.2) is 5.43 Å². The second kappa shape index (κ2) is 7.04. The average molecular weight is 347 g/mol. The molecule has 0 radical (unpaired) electrons. The topological polar surface area (TPSA) is 61.7 Å². The normalized spacial score (nSPS) is 11.2. The molecule has 0 aliphatic rings. The van der Waals surface area contributed by atoms with E-state index in [1.165, 1.54) is 12.1 Å². The van der Waals surface area contributed by atoms with Gasteiger partial charge in [0.1, 0.15) is 5.75 Å². The van der Waals surface area contributed by atoms with Gasteiger partial charge in [-0.3, -0.25) is 4.79 Å². The molecule has 0 spiro atoms. The first-order valence-electron chi connectivity index (χ1n) is 6.52. The summed E-state index contributed by atoms with van der Waals surface area (Å²) in [7, 11) is 0. The highest BCUT2D eigenvalue weighted by molar-refractivity contribution is 9.10. The van der Waals surface area contributed by atoms with E-state index in [9.17, 15) is 9.90 Å². The van der Waals surface area contributed by atoms with E-state index in [1.54, 1.807) is 12.1 Å². The number of benzene rings is 2. The first kappa shape index (κ1) is 15.3. The van der Waals surface area contributed by atoms with Crippen molar-refractivity contribution in [2.75, 3.05) is 0 Å². The third-order valence-electron chi connectivity index (χ3n) is 2.91. The number of hydrogen-bond donors (Lipinski definition) is 2. The van der Waals surface area contributed by atoms with Crippen molar-refractivity contribution in [1.29, 1.82) is 0 Å². The number of nitrogens with one attached hydrogen (secondary N) is 1. The number of carbonyl (C=O) groups excluding carboxylic acids is 1. The molecule has 5 heteroatoms. The van der Waals surface area contributed by atoms with Crippen LogP contribution in [0.1, 0.15) is 29.3 Å². The van der Waals surface area contributed by atoms with Crippen molar-refractivity contribution in [3.63, 3.8) is 0 Å². The van der Waals surface area contributed by atoms with Crippen molar-refractivity contribution < 1.29 is 9.90 Å². The number of hydrazone groups is 1. The van der Waals surface area contributed by atoms with Crippen molar-refractivity contribution in [1.82, 2.24) is 5.43 Å². The highest BCUT2D eigenvalue weighted by Gasteiger charge is 2.06. The predicted octanol–water partition coefficient (Wildman–Crippen LogP) is 3.70. The predicted molar refractivity (Wildman–Crippen MR) is 86.5 cm³/mol. The maximum atomic E-state index is 12.0. The summed E-state index contributed by atoms with van der Waals surface area (Å²) >= 11 is 3.42. The Morgan fingerprint density at radius 2 is 1.90 bits per heavy atom. The lowest BCUT2D eigenvalue weighted by Gasteiger charge is -2.06. The molecule has 2 N–H and O–H groups in total. The molecule has 0 aromatic heterocycles. The van der Waals surface area contributed by atoms with E-state index in [0.717, 1.165) is 15.7 Å². The van der Waals surface area contributed by atoms with Crippen LogP contribution in [0.5, 0.6) is 5.75 Å². The largest absolute Gasteiger partial charge is 0.508 e. The molecular formula is C16H15BrN2O2. The number of aromatic hydroxyl groups is 1. The second-order valence-corrected chi connectivity index (χ2v) is 5.33. The summed E-state index contributed by atoms with van der Waals surface area (Å²) in [6.45, 7) is 1.98. The van der Waals surface area contributed by atoms with Crippen LogP contribution in [0.15, 0.2) is 58.1 Å². The number of amides is 1. The molecule has 2 rings (SSSR count). The molecule has 0 bridgehead atoms. The van der Waals surface area contributed by atoms with Gasteiger partial charge in [-0.05, 0) is 48.4 Å². The zero-order valence-electron chi connectivity index (χ0n) is 11.5. The minimum atomic E-state index is -0.309. The maximum Gasteiger partial charge on any atom is 0.271 e. The van der Waals surface area contributed by atoms with Gasteiger partial charge < -0.3 is 5.11 Å². The summed E-state index contributed by atoms with van der Waals surface area (Å²) in [6, 6.07) is 13.8. The summed E-state index contributed by atoms with van der Waals surface area (Å²) in [6.07, 6.45) is 0.701. The second-order valence-electron chi connectivity index (χ2n) is 4.41. The highest BCUT2D eigenvalue weighted by Crippen LogP contribution is 2.14. The molecule has 0 unspecified atom stereocenters. The highest BCUT2D eigenvalue weighted by atomic mass is 79.9. The minimum absolute atomic E-state index is 0.124. The van der Waals surface area contributed by atoms with E-state index in [0.29, 0.717) is 12.0 Å². The van der Waals surface area contributed by atoms with Crippen LogP contribution in [0.2, 0.25) is 0 Å². The molecule has 0 heterocycles. The summed E-state index contributed by atoms with van der Waals surface area (Å²) in [5, 5.41) is 13.4. The lowest BCUT2D eigenvalue weighted by molar-refractivity contribution is 0.0955. The molecule has 0 aliphatic heterocycles. The van der Waals surface area contributed by atoms with Crippen LogP contribution in [0.3, 0.4) is 0 Å². The van der Waals surface area contributed by atoms with Gasteiger partial charge in [-0.15, -0.1) is 0 Å². The molecule has 2 aromatic carbocycles. The van der Waals surface area contributed by atoms with Gasteiger partial charge in [0.25, 0.3) is 5.91 Å². The van der Waals surface area contributed by atoms with E-state index in [-0.39, 0.29) is 11.7 Å². The Bertz CT molecular complexity index is 666. The Balaban J connectivity index is 2.14. The number of halogens is 1. The summed E-state index contributed by atoms with van der Waals surface area (Å²) in [4.78, 5) is 12.0. The Hall–Kier alpha value is -2.14. The fraction of sp³-hybridized carbons (Fsp3) is 0.125. The van der Waals surface area contributed by atoms with Gasteiger partial charge in [0.15, 0.2) is 0 Å². The van der Waals surface area contributed by atoms with Crippen LogP contribution in [0.25, 0.3) is 0 Å². The summed E-state index contributed by atoms with van der Waals surface area (Å²) in [5.41, 5.74) is 4.74. The van der Waals surface area contributed by atoms with E-state index in [1.807, 2.05) is 31.2 Å². The number of nitrogens with zero attached hydrogens (tertiary/aromatic N) is 1. The SMILES string of the molecule is CC/C(=N/NC(=O)c1ccc(O)cc1)c1cccc(Br)c1. The van der Waals surface area contributed by atoms with Crippen LogP contribution < -0.4 is 5.43 Å². The molecule has 0 fully saturated rings. The van der Waals surface area contributed by atoms with Crippen molar-refractivity contribution >= 4 is 27.5 Å². The lowest BCUT2D eigenvalue weighted by atomic mass is 10.1. The Labute approximate surface area is 131 Å². The Morgan fingerprint density at radius 1 is 1.19 bits per heavy atom. The monoisotopic (exact) mass is 346 g/mol. The van der Waals surface area contributed by atoms with Crippen LogP contribution >= 0.6 is 15.9 Å². The quantitative estimate of drug-likeness (QED) is 0.654. The van der Waals surface area contributed by atoms with Crippen LogP contribution in [-0.2, 0) is 0 Å². The van der Waals surface area contributed by atoms with Gasteiger partial charge in [0, 0.05) is 10.0 Å². The van der Waals surface area contributed by atoms with Crippen LogP contribution in [0, 0.1) is 0 Å². The molecule has 0 aliphatic carbocycles. The number of phenols is 1. The van der Waals surface area contributed by atoms with Gasteiger partial charge in [-0.2, -0.15) is 5.10 Å². The molecule has 4 nitrogen and oxygen atoms in total. The summed E-state index contributed by atoms with van der Waals surface area (Å²) in [5.74, 6) is -0.186. The number of rotatable bonds is 4. The maximum absolute atomic E-state index is 12.0. The van der Waals surface area contributed by atoms with Gasteiger partial charge in [0.05, 0.1) is 5.71 Å². The van der Waals surface area contributed by atoms with Crippen molar-refractivity contribution in [2.24, 2.45) is 5.10 Å². The Kier molecular flexibility index (Phi) is 5.11. The third-order valence-corrected chi connectivity index (χ3v) is 3.41. The lowest BCUT2D eigenvalue weighted by Crippen LogP contribution is -2.19. The molecule has 0 atom stereocenters. The first-order chi connectivity index (χ1) is 10.1. The molecule has 21 heavy (non-hydrogen) atoms. The zero-order valence-corrected chi connectivity index (χ0v) is 13.1. The van der Waals surface area contributed by atoms with E-state index < -0.39 is 0 Å². The van der Waals surface area contributed by atoms with Crippen molar-refractivity contribution in [3.05, 3.63) is 64.1 Å². The number of carbonyl (C=O) groups is 1. The third kappa shape index (κ3) is 4.16. The summed E-state index contributed by atoms with van der Waals surface area (Å²) < 4.78 is 0.964. The molecular weight excluding hydrogens is 332 g/mol. The number of phenolic OH excluding ortho intramolecular Hbond substituents is 1. The molecule has 2 aromatic rings. The molecule has 108 valence electrons. The standard InChI is InChI=1S/C16H15BrN2O2/c1-2-15(12-4-3-5-13(17)10-12)18-19-16(21)11-6-8-14(20)9-7-11/h3-10,20H,2H2,1H3,(H,19,21)/b18-15-. The average Bonchev–Trinajstić information content (AvgIpc) is 2.48. The van der Waals surface area contributed by atoms with Crippen molar-refractivity contribution in [2.45, 2.75) is 13.3 Å². The van der Waals surface area contributed by atoms with Crippen LogP contribution in [-0.4, -0.2) is 16.7 Å². The van der Waals surface area contributed by atoms with Crippen LogP contribution in [0.4, 0.5) is 0 Å². The molecule has 1 amide bonds. The zero-order chi connectivity index (χ0) is 15.2. The molecule has 0 saturated carbocycles. The smallest absolute Gasteiger partial charge is 0.271 e. The fourth-order valence-electron chi connectivity index (χ4n) is 1.81. The van der Waals surface area contributed by atoms with Gasteiger partial charge in [0.2, 0.25) is 0 Å².